The molecular weight excluding hydrogens is 242 g/mol. The summed E-state index contributed by atoms with van der Waals surface area (Å²) in [5.41, 5.74) is 2.89. The predicted molar refractivity (Wildman–Crippen MR) is 70.3 cm³/mol. The summed E-state index contributed by atoms with van der Waals surface area (Å²) >= 11 is 0. The maximum absolute atomic E-state index is 11.6. The van der Waals surface area contributed by atoms with E-state index in [9.17, 15) is 9.59 Å². The number of nitriles is 1. The number of anilines is 1. The van der Waals surface area contributed by atoms with E-state index in [4.69, 9.17) is 5.26 Å². The Bertz CT molecular complexity index is 575. The Morgan fingerprint density at radius 2 is 2.26 bits per heavy atom. The monoisotopic (exact) mass is 257 g/mol. The minimum Gasteiger partial charge on any atom is -0.341 e. The molecule has 0 atom stereocenters. The standard InChI is InChI=1S/C14H15N3O2/c1-16(13(18)5-6-15)9-10-3-4-12-11(7-10)8-14(19)17(12)2/h3-4,7H,5,8-9H2,1-2H3. The average Bonchev–Trinajstić information content (AvgIpc) is 2.65. The number of amides is 2. The van der Waals surface area contributed by atoms with Crippen molar-refractivity contribution in [2.45, 2.75) is 19.4 Å². The number of benzene rings is 1. The van der Waals surface area contributed by atoms with Crippen LogP contribution in [0.4, 0.5) is 5.69 Å². The van der Waals surface area contributed by atoms with Crippen LogP contribution in [0.2, 0.25) is 0 Å². The predicted octanol–water partition coefficient (Wildman–Crippen LogP) is 1.08. The van der Waals surface area contributed by atoms with Crippen molar-refractivity contribution in [1.29, 1.82) is 5.26 Å². The maximum Gasteiger partial charge on any atom is 0.236 e. The lowest BCUT2D eigenvalue weighted by molar-refractivity contribution is -0.129. The number of likely N-dealkylation sites (N-methyl/N-ethyl adjacent to an activating group) is 1. The summed E-state index contributed by atoms with van der Waals surface area (Å²) in [7, 11) is 3.43. The molecule has 0 fully saturated rings. The number of carbonyl (C=O) groups is 2. The fraction of sp³-hybridized carbons (Fsp3) is 0.357. The number of carbonyl (C=O) groups excluding carboxylic acids is 2. The van der Waals surface area contributed by atoms with Crippen molar-refractivity contribution in [1.82, 2.24) is 4.90 Å². The highest BCUT2D eigenvalue weighted by atomic mass is 16.2. The van der Waals surface area contributed by atoms with E-state index in [2.05, 4.69) is 0 Å². The Labute approximate surface area is 112 Å². The first-order valence-corrected chi connectivity index (χ1v) is 6.02. The van der Waals surface area contributed by atoms with Gasteiger partial charge < -0.3 is 9.80 Å². The van der Waals surface area contributed by atoms with Crippen LogP contribution in [0.15, 0.2) is 18.2 Å². The van der Waals surface area contributed by atoms with E-state index in [0.29, 0.717) is 13.0 Å². The Morgan fingerprint density at radius 3 is 2.95 bits per heavy atom. The Kier molecular flexibility index (Phi) is 3.52. The third kappa shape index (κ3) is 2.58. The number of fused-ring (bicyclic) bond motifs is 1. The van der Waals surface area contributed by atoms with Crippen LogP contribution in [0.1, 0.15) is 17.5 Å². The van der Waals surface area contributed by atoms with Gasteiger partial charge in [-0.05, 0) is 17.2 Å². The molecule has 98 valence electrons. The van der Waals surface area contributed by atoms with Crippen molar-refractivity contribution in [3.63, 3.8) is 0 Å². The molecule has 0 aromatic heterocycles. The van der Waals surface area contributed by atoms with Crippen molar-refractivity contribution < 1.29 is 9.59 Å². The van der Waals surface area contributed by atoms with Gasteiger partial charge in [-0.3, -0.25) is 9.59 Å². The third-order valence-corrected chi connectivity index (χ3v) is 3.30. The van der Waals surface area contributed by atoms with E-state index in [1.54, 1.807) is 19.0 Å². The van der Waals surface area contributed by atoms with Crippen molar-refractivity contribution in [3.8, 4) is 6.07 Å². The summed E-state index contributed by atoms with van der Waals surface area (Å²) < 4.78 is 0. The third-order valence-electron chi connectivity index (χ3n) is 3.30. The van der Waals surface area contributed by atoms with Gasteiger partial charge in [-0.25, -0.2) is 0 Å². The molecule has 0 radical (unpaired) electrons. The number of rotatable bonds is 3. The van der Waals surface area contributed by atoms with Gasteiger partial charge in [-0.1, -0.05) is 12.1 Å². The van der Waals surface area contributed by atoms with Gasteiger partial charge in [0.1, 0.15) is 6.42 Å². The van der Waals surface area contributed by atoms with E-state index in [-0.39, 0.29) is 18.2 Å². The van der Waals surface area contributed by atoms with Gasteiger partial charge in [0.05, 0.1) is 12.5 Å². The molecule has 2 amide bonds. The van der Waals surface area contributed by atoms with Crippen LogP contribution in [0.25, 0.3) is 0 Å². The van der Waals surface area contributed by atoms with E-state index in [1.165, 1.54) is 4.90 Å². The van der Waals surface area contributed by atoms with Crippen LogP contribution in [0.3, 0.4) is 0 Å². The lowest BCUT2D eigenvalue weighted by Crippen LogP contribution is -2.25. The molecule has 0 bridgehead atoms. The van der Waals surface area contributed by atoms with E-state index in [0.717, 1.165) is 16.8 Å². The average molecular weight is 257 g/mol. The van der Waals surface area contributed by atoms with Crippen molar-refractivity contribution in [2.24, 2.45) is 0 Å². The highest BCUT2D eigenvalue weighted by molar-refractivity contribution is 6.00. The van der Waals surface area contributed by atoms with Crippen molar-refractivity contribution in [3.05, 3.63) is 29.3 Å². The molecule has 0 saturated carbocycles. The van der Waals surface area contributed by atoms with E-state index >= 15 is 0 Å². The van der Waals surface area contributed by atoms with Crippen LogP contribution in [-0.4, -0.2) is 30.8 Å². The fourth-order valence-electron chi connectivity index (χ4n) is 2.19. The summed E-state index contributed by atoms with van der Waals surface area (Å²) in [6.45, 7) is 0.450. The fourth-order valence-corrected chi connectivity index (χ4v) is 2.19. The second-order valence-corrected chi connectivity index (χ2v) is 4.68. The molecule has 1 aliphatic heterocycles. The first-order chi connectivity index (χ1) is 9.02. The van der Waals surface area contributed by atoms with E-state index in [1.807, 2.05) is 24.3 Å². The second kappa shape index (κ2) is 5.11. The molecule has 5 nitrogen and oxygen atoms in total. The molecule has 1 aliphatic rings. The maximum atomic E-state index is 11.6. The van der Waals surface area contributed by atoms with Gasteiger partial charge in [0.25, 0.3) is 0 Å². The molecule has 2 rings (SSSR count). The SMILES string of the molecule is CN(Cc1ccc2c(c1)CC(=O)N2C)C(=O)CC#N. The molecule has 0 aliphatic carbocycles. The Hall–Kier alpha value is -2.35. The molecular formula is C14H15N3O2. The van der Waals surface area contributed by atoms with Crippen LogP contribution in [0, 0.1) is 11.3 Å². The zero-order valence-corrected chi connectivity index (χ0v) is 11.0. The topological polar surface area (TPSA) is 64.4 Å². The number of hydrogen-bond donors (Lipinski definition) is 0. The normalized spacial score (nSPS) is 13.1. The minimum atomic E-state index is -0.198. The van der Waals surface area contributed by atoms with Crippen molar-refractivity contribution >= 4 is 17.5 Å². The summed E-state index contributed by atoms with van der Waals surface area (Å²) in [5, 5.41) is 8.50. The van der Waals surface area contributed by atoms with Crippen LogP contribution in [-0.2, 0) is 22.6 Å². The summed E-state index contributed by atoms with van der Waals surface area (Å²) in [4.78, 5) is 26.3. The Balaban J connectivity index is 2.12. The zero-order valence-electron chi connectivity index (χ0n) is 11.0. The molecule has 1 aromatic carbocycles. The quantitative estimate of drug-likeness (QED) is 0.813. The molecule has 0 spiro atoms. The molecule has 1 aromatic rings. The summed E-state index contributed by atoms with van der Waals surface area (Å²) in [5.74, 6) is -0.114. The summed E-state index contributed by atoms with van der Waals surface area (Å²) in [6, 6.07) is 7.60. The molecule has 1 heterocycles. The Morgan fingerprint density at radius 1 is 1.53 bits per heavy atom. The highest BCUT2D eigenvalue weighted by Gasteiger charge is 2.24. The molecule has 0 saturated heterocycles. The molecule has 0 unspecified atom stereocenters. The number of hydrogen-bond acceptors (Lipinski definition) is 3. The van der Waals surface area contributed by atoms with Crippen LogP contribution in [0.5, 0.6) is 0 Å². The van der Waals surface area contributed by atoms with Gasteiger partial charge in [0.15, 0.2) is 0 Å². The van der Waals surface area contributed by atoms with E-state index < -0.39 is 0 Å². The van der Waals surface area contributed by atoms with Gasteiger partial charge in [-0.15, -0.1) is 0 Å². The second-order valence-electron chi connectivity index (χ2n) is 4.68. The first kappa shape index (κ1) is 13.1. The zero-order chi connectivity index (χ0) is 14.0. The largest absolute Gasteiger partial charge is 0.341 e. The molecule has 5 heteroatoms. The smallest absolute Gasteiger partial charge is 0.236 e. The van der Waals surface area contributed by atoms with Crippen LogP contribution >= 0.6 is 0 Å². The molecule has 19 heavy (non-hydrogen) atoms. The minimum absolute atomic E-state index is 0.0843. The summed E-state index contributed by atoms with van der Waals surface area (Å²) in [6.07, 6.45) is 0.304. The van der Waals surface area contributed by atoms with Gasteiger partial charge in [-0.2, -0.15) is 5.26 Å². The lowest BCUT2D eigenvalue weighted by Gasteiger charge is -2.16. The van der Waals surface area contributed by atoms with Gasteiger partial charge >= 0.3 is 0 Å². The molecule has 0 N–H and O–H groups in total. The highest BCUT2D eigenvalue weighted by Crippen LogP contribution is 2.28. The van der Waals surface area contributed by atoms with Crippen molar-refractivity contribution in [2.75, 3.05) is 19.0 Å². The lowest BCUT2D eigenvalue weighted by atomic mass is 10.1. The van der Waals surface area contributed by atoms with Gasteiger partial charge in [0.2, 0.25) is 11.8 Å². The van der Waals surface area contributed by atoms with Crippen LogP contribution < -0.4 is 4.90 Å². The first-order valence-electron chi connectivity index (χ1n) is 6.02. The number of nitrogens with zero attached hydrogens (tertiary/aromatic N) is 3. The van der Waals surface area contributed by atoms with Gasteiger partial charge in [0, 0.05) is 26.3 Å².